The zero-order valence-corrected chi connectivity index (χ0v) is 12.7. The van der Waals surface area contributed by atoms with Crippen molar-refractivity contribution in [3.63, 3.8) is 0 Å². The van der Waals surface area contributed by atoms with Crippen LogP contribution in [0, 0.1) is 12.7 Å². The van der Waals surface area contributed by atoms with Crippen LogP contribution in [-0.2, 0) is 6.54 Å². The average molecular weight is 288 g/mol. The predicted octanol–water partition coefficient (Wildman–Crippen LogP) is 3.38. The fourth-order valence-corrected chi connectivity index (χ4v) is 2.10. The number of rotatable bonds is 6. The van der Waals surface area contributed by atoms with Gasteiger partial charge in [-0.3, -0.25) is 0 Å². The summed E-state index contributed by atoms with van der Waals surface area (Å²) >= 11 is 0. The molecule has 0 aliphatic carbocycles. The highest BCUT2D eigenvalue weighted by atomic mass is 19.1. The third kappa shape index (κ3) is 4.15. The number of hydrogen-bond donors (Lipinski definition) is 1. The first kappa shape index (κ1) is 15.2. The van der Waals surface area contributed by atoms with Crippen LogP contribution in [-0.4, -0.2) is 23.6 Å². The van der Waals surface area contributed by atoms with Crippen LogP contribution in [0.2, 0.25) is 0 Å². The number of nitrogens with one attached hydrogen (secondary N) is 1. The van der Waals surface area contributed by atoms with Crippen LogP contribution in [0.1, 0.15) is 24.9 Å². The van der Waals surface area contributed by atoms with Gasteiger partial charge < -0.3 is 10.2 Å². The molecule has 2 aromatic rings. The number of aryl methyl sites for hydroxylation is 1. The summed E-state index contributed by atoms with van der Waals surface area (Å²) in [4.78, 5) is 10.7. The summed E-state index contributed by atoms with van der Waals surface area (Å²) in [5.74, 6) is 1.26. The van der Waals surface area contributed by atoms with Gasteiger partial charge in [-0.1, -0.05) is 19.1 Å². The highest BCUT2D eigenvalue weighted by molar-refractivity contribution is 5.47. The lowest BCUT2D eigenvalue weighted by Crippen LogP contribution is -2.20. The van der Waals surface area contributed by atoms with Crippen LogP contribution in [0.15, 0.2) is 30.3 Å². The summed E-state index contributed by atoms with van der Waals surface area (Å²) in [5, 5.41) is 3.26. The number of nitrogens with zero attached hydrogens (tertiary/aromatic N) is 3. The molecule has 1 heterocycles. The summed E-state index contributed by atoms with van der Waals surface area (Å²) in [5.41, 5.74) is 1.45. The summed E-state index contributed by atoms with van der Waals surface area (Å²) in [6.07, 6.45) is 1.04. The highest BCUT2D eigenvalue weighted by Gasteiger charge is 2.10. The summed E-state index contributed by atoms with van der Waals surface area (Å²) < 4.78 is 13.8. The lowest BCUT2D eigenvalue weighted by Gasteiger charge is -2.19. The molecule has 0 unspecified atom stereocenters. The van der Waals surface area contributed by atoms with E-state index in [1.165, 1.54) is 6.07 Å². The van der Waals surface area contributed by atoms with Crippen molar-refractivity contribution in [2.24, 2.45) is 0 Å². The van der Waals surface area contributed by atoms with Crippen LogP contribution < -0.4 is 10.2 Å². The van der Waals surface area contributed by atoms with E-state index in [1.54, 1.807) is 12.1 Å². The molecule has 0 bridgehead atoms. The molecular formula is C16H21FN4. The molecule has 0 saturated heterocycles. The molecule has 0 atom stereocenters. The Morgan fingerprint density at radius 3 is 2.71 bits per heavy atom. The van der Waals surface area contributed by atoms with Crippen molar-refractivity contribution in [2.45, 2.75) is 26.8 Å². The van der Waals surface area contributed by atoms with Crippen molar-refractivity contribution >= 4 is 11.5 Å². The van der Waals surface area contributed by atoms with Crippen LogP contribution in [0.25, 0.3) is 0 Å². The molecule has 4 nitrogen and oxygen atoms in total. The Morgan fingerprint density at radius 2 is 2.00 bits per heavy atom. The maximum absolute atomic E-state index is 13.8. The van der Waals surface area contributed by atoms with Crippen molar-refractivity contribution in [2.75, 3.05) is 23.8 Å². The zero-order valence-electron chi connectivity index (χ0n) is 12.7. The van der Waals surface area contributed by atoms with Crippen LogP contribution in [0.4, 0.5) is 15.9 Å². The van der Waals surface area contributed by atoms with Gasteiger partial charge in [0.15, 0.2) is 0 Å². The standard InChI is InChI=1S/C16H21FN4/c1-4-9-18-15-10-12(2)19-16(20-15)11-21(3)14-8-6-5-7-13(14)17/h5-8,10H,4,9,11H2,1-3H3,(H,18,19,20). The molecule has 0 aliphatic heterocycles. The molecular weight excluding hydrogens is 267 g/mol. The third-order valence-corrected chi connectivity index (χ3v) is 3.10. The molecule has 1 N–H and O–H groups in total. The van der Waals surface area contributed by atoms with Gasteiger partial charge in [0, 0.05) is 25.4 Å². The lowest BCUT2D eigenvalue weighted by atomic mass is 10.3. The second kappa shape index (κ2) is 7.02. The molecule has 1 aromatic carbocycles. The van der Waals surface area contributed by atoms with Gasteiger partial charge in [-0.15, -0.1) is 0 Å². The number of para-hydroxylation sites is 1. The summed E-state index contributed by atoms with van der Waals surface area (Å²) in [6.45, 7) is 5.38. The van der Waals surface area contributed by atoms with Gasteiger partial charge in [0.1, 0.15) is 17.5 Å². The van der Waals surface area contributed by atoms with Crippen LogP contribution in [0.5, 0.6) is 0 Å². The average Bonchev–Trinajstić information content (AvgIpc) is 2.45. The number of aromatic nitrogens is 2. The summed E-state index contributed by atoms with van der Waals surface area (Å²) in [6, 6.07) is 8.63. The van der Waals surface area contributed by atoms with Crippen molar-refractivity contribution in [3.8, 4) is 0 Å². The van der Waals surface area contributed by atoms with Crippen molar-refractivity contribution < 1.29 is 4.39 Å². The Balaban J connectivity index is 2.15. The van der Waals surface area contributed by atoms with Crippen LogP contribution >= 0.6 is 0 Å². The largest absolute Gasteiger partial charge is 0.370 e. The van der Waals surface area contributed by atoms with Gasteiger partial charge in [-0.05, 0) is 25.5 Å². The van der Waals surface area contributed by atoms with Gasteiger partial charge in [0.2, 0.25) is 0 Å². The molecule has 0 fully saturated rings. The van der Waals surface area contributed by atoms with E-state index in [2.05, 4.69) is 22.2 Å². The molecule has 5 heteroatoms. The first-order valence-corrected chi connectivity index (χ1v) is 7.14. The molecule has 1 aromatic heterocycles. The topological polar surface area (TPSA) is 41.1 Å². The molecule has 0 amide bonds. The molecule has 0 saturated carbocycles. The fraction of sp³-hybridized carbons (Fsp3) is 0.375. The monoisotopic (exact) mass is 288 g/mol. The quantitative estimate of drug-likeness (QED) is 0.884. The molecule has 21 heavy (non-hydrogen) atoms. The molecule has 2 rings (SSSR count). The van der Waals surface area contributed by atoms with Gasteiger partial charge in [-0.25, -0.2) is 14.4 Å². The van der Waals surface area contributed by atoms with Gasteiger partial charge >= 0.3 is 0 Å². The fourth-order valence-electron chi connectivity index (χ4n) is 2.10. The number of hydrogen-bond acceptors (Lipinski definition) is 4. The van der Waals surface area contributed by atoms with E-state index in [1.807, 2.05) is 31.0 Å². The Kier molecular flexibility index (Phi) is 5.09. The minimum atomic E-state index is -0.239. The molecule has 0 radical (unpaired) electrons. The maximum Gasteiger partial charge on any atom is 0.150 e. The van der Waals surface area contributed by atoms with Gasteiger partial charge in [0.05, 0.1) is 12.2 Å². The highest BCUT2D eigenvalue weighted by Crippen LogP contribution is 2.19. The maximum atomic E-state index is 13.8. The normalized spacial score (nSPS) is 10.5. The van der Waals surface area contributed by atoms with E-state index >= 15 is 0 Å². The van der Waals surface area contributed by atoms with Gasteiger partial charge in [0.25, 0.3) is 0 Å². The molecule has 0 spiro atoms. The number of anilines is 2. The summed E-state index contributed by atoms with van der Waals surface area (Å²) in [7, 11) is 1.84. The lowest BCUT2D eigenvalue weighted by molar-refractivity contribution is 0.621. The van der Waals surface area contributed by atoms with Crippen molar-refractivity contribution in [1.29, 1.82) is 0 Å². The zero-order chi connectivity index (χ0) is 15.2. The minimum Gasteiger partial charge on any atom is -0.370 e. The van der Waals surface area contributed by atoms with Crippen molar-refractivity contribution in [1.82, 2.24) is 9.97 Å². The molecule has 0 aliphatic rings. The Hall–Kier alpha value is -2.17. The van der Waals surface area contributed by atoms with Crippen molar-refractivity contribution in [3.05, 3.63) is 47.7 Å². The number of benzene rings is 1. The minimum absolute atomic E-state index is 0.239. The van der Waals surface area contributed by atoms with Gasteiger partial charge in [-0.2, -0.15) is 0 Å². The van der Waals surface area contributed by atoms with E-state index in [9.17, 15) is 4.39 Å². The van der Waals surface area contributed by atoms with E-state index in [-0.39, 0.29) is 5.82 Å². The first-order valence-electron chi connectivity index (χ1n) is 7.14. The van der Waals surface area contributed by atoms with E-state index in [0.717, 1.165) is 24.5 Å². The van der Waals surface area contributed by atoms with Crippen LogP contribution in [0.3, 0.4) is 0 Å². The molecule has 112 valence electrons. The second-order valence-electron chi connectivity index (χ2n) is 5.05. The van der Waals surface area contributed by atoms with E-state index in [4.69, 9.17) is 0 Å². The number of halogens is 1. The second-order valence-corrected chi connectivity index (χ2v) is 5.05. The Labute approximate surface area is 125 Å². The Morgan fingerprint density at radius 1 is 1.24 bits per heavy atom. The SMILES string of the molecule is CCCNc1cc(C)nc(CN(C)c2ccccc2F)n1. The van der Waals surface area contributed by atoms with E-state index < -0.39 is 0 Å². The smallest absolute Gasteiger partial charge is 0.150 e. The van der Waals surface area contributed by atoms with E-state index in [0.29, 0.717) is 18.1 Å². The Bertz CT molecular complexity index is 601. The predicted molar refractivity (Wildman–Crippen MR) is 84.1 cm³/mol. The first-order chi connectivity index (χ1) is 10.1. The third-order valence-electron chi connectivity index (χ3n) is 3.10.